The number of benzene rings is 1. The van der Waals surface area contributed by atoms with Gasteiger partial charge in [-0.3, -0.25) is 9.69 Å². The van der Waals surface area contributed by atoms with Gasteiger partial charge in [-0.15, -0.1) is 0 Å². The zero-order valence-electron chi connectivity index (χ0n) is 14.0. The lowest BCUT2D eigenvalue weighted by molar-refractivity contribution is -0.117. The summed E-state index contributed by atoms with van der Waals surface area (Å²) in [7, 11) is 3.88. The number of aromatic nitrogens is 1. The Morgan fingerprint density at radius 3 is 2.54 bits per heavy atom. The molecule has 1 saturated heterocycles. The molecule has 0 spiro atoms. The first-order chi connectivity index (χ1) is 11.4. The van der Waals surface area contributed by atoms with Crippen molar-refractivity contribution in [2.24, 2.45) is 7.05 Å². The fourth-order valence-electron chi connectivity index (χ4n) is 3.05. The Labute approximate surface area is 140 Å². The number of anilines is 1. The molecule has 1 aromatic carbocycles. The lowest BCUT2D eigenvalue weighted by Gasteiger charge is -2.31. The zero-order chi connectivity index (χ0) is 17.3. The normalized spacial score (nSPS) is 16.4. The van der Waals surface area contributed by atoms with E-state index in [1.165, 1.54) is 0 Å². The first-order valence-corrected chi connectivity index (χ1v) is 7.97. The Bertz CT molecular complexity index is 775. The highest BCUT2D eigenvalue weighted by Gasteiger charge is 2.17. The van der Waals surface area contributed by atoms with Gasteiger partial charge in [0.25, 0.3) is 0 Å². The largest absolute Gasteiger partial charge is 0.478 e. The predicted molar refractivity (Wildman–Crippen MR) is 92.4 cm³/mol. The van der Waals surface area contributed by atoms with Gasteiger partial charge in [-0.2, -0.15) is 0 Å². The fraction of sp³-hybridized carbons (Fsp3) is 0.412. The molecule has 3 rings (SSSR count). The van der Waals surface area contributed by atoms with E-state index < -0.39 is 5.97 Å². The van der Waals surface area contributed by atoms with E-state index >= 15 is 0 Å². The van der Waals surface area contributed by atoms with Gasteiger partial charge >= 0.3 is 5.97 Å². The number of carbonyl (C=O) groups excluding carboxylic acids is 1. The number of carboxylic acid groups (broad SMARTS) is 1. The molecule has 1 aromatic heterocycles. The van der Waals surface area contributed by atoms with Crippen molar-refractivity contribution in [3.8, 4) is 0 Å². The molecule has 2 aromatic rings. The van der Waals surface area contributed by atoms with Gasteiger partial charge in [0, 0.05) is 56.0 Å². The molecule has 1 aliphatic heterocycles. The highest BCUT2D eigenvalue weighted by molar-refractivity contribution is 6.05. The smallest absolute Gasteiger partial charge is 0.337 e. The minimum atomic E-state index is -0.971. The van der Waals surface area contributed by atoms with Crippen molar-refractivity contribution in [2.75, 3.05) is 45.1 Å². The van der Waals surface area contributed by atoms with Crippen molar-refractivity contribution >= 4 is 28.5 Å². The van der Waals surface area contributed by atoms with E-state index in [-0.39, 0.29) is 11.5 Å². The van der Waals surface area contributed by atoms with Gasteiger partial charge in [0.1, 0.15) is 0 Å². The summed E-state index contributed by atoms with van der Waals surface area (Å²) in [5, 5.41) is 12.8. The lowest BCUT2D eigenvalue weighted by atomic mass is 10.1. The molecule has 0 aliphatic carbocycles. The van der Waals surface area contributed by atoms with Crippen molar-refractivity contribution in [3.63, 3.8) is 0 Å². The molecule has 128 valence electrons. The number of likely N-dealkylation sites (N-methyl/N-ethyl adjacent to an activating group) is 1. The third-order valence-corrected chi connectivity index (χ3v) is 4.47. The summed E-state index contributed by atoms with van der Waals surface area (Å²) in [6.07, 6.45) is 1.59. The van der Waals surface area contributed by atoms with Crippen LogP contribution >= 0.6 is 0 Å². The summed E-state index contributed by atoms with van der Waals surface area (Å²) in [5.74, 6) is -1.05. The average molecular weight is 330 g/mol. The van der Waals surface area contributed by atoms with E-state index in [1.54, 1.807) is 29.9 Å². The molecule has 1 fully saturated rings. The summed E-state index contributed by atoms with van der Waals surface area (Å²) in [5.41, 5.74) is 1.68. The summed E-state index contributed by atoms with van der Waals surface area (Å²) in [6.45, 7) is 4.04. The quantitative estimate of drug-likeness (QED) is 0.877. The van der Waals surface area contributed by atoms with Crippen LogP contribution < -0.4 is 5.32 Å². The number of hydrogen-bond donors (Lipinski definition) is 2. The Morgan fingerprint density at radius 2 is 1.88 bits per heavy atom. The van der Waals surface area contributed by atoms with E-state index in [4.69, 9.17) is 0 Å². The molecular weight excluding hydrogens is 308 g/mol. The first-order valence-electron chi connectivity index (χ1n) is 7.97. The number of fused-ring (bicyclic) bond motifs is 1. The number of piperazine rings is 1. The number of aryl methyl sites for hydroxylation is 1. The minimum Gasteiger partial charge on any atom is -0.478 e. The Balaban J connectivity index is 1.71. The average Bonchev–Trinajstić information content (AvgIpc) is 2.86. The second-order valence-electron chi connectivity index (χ2n) is 6.32. The van der Waals surface area contributed by atoms with Crippen LogP contribution in [-0.2, 0) is 11.8 Å². The second-order valence-corrected chi connectivity index (χ2v) is 6.32. The van der Waals surface area contributed by atoms with Crippen molar-refractivity contribution in [2.45, 2.75) is 0 Å². The molecule has 0 bridgehead atoms. The van der Waals surface area contributed by atoms with Crippen LogP contribution in [0.5, 0.6) is 0 Å². The van der Waals surface area contributed by atoms with E-state index in [1.807, 2.05) is 6.07 Å². The van der Waals surface area contributed by atoms with Crippen molar-refractivity contribution in [1.29, 1.82) is 0 Å². The molecule has 0 atom stereocenters. The maximum atomic E-state index is 12.2. The maximum absolute atomic E-state index is 12.2. The highest BCUT2D eigenvalue weighted by Crippen LogP contribution is 2.24. The molecule has 0 unspecified atom stereocenters. The third-order valence-electron chi connectivity index (χ3n) is 4.47. The Morgan fingerprint density at radius 1 is 1.17 bits per heavy atom. The van der Waals surface area contributed by atoms with E-state index in [0.717, 1.165) is 31.7 Å². The summed E-state index contributed by atoms with van der Waals surface area (Å²) in [6, 6.07) is 5.35. The van der Waals surface area contributed by atoms with Gasteiger partial charge in [0.15, 0.2) is 0 Å². The van der Waals surface area contributed by atoms with E-state index in [2.05, 4.69) is 22.2 Å². The van der Waals surface area contributed by atoms with E-state index in [9.17, 15) is 14.7 Å². The van der Waals surface area contributed by atoms with Gasteiger partial charge in [-0.1, -0.05) is 0 Å². The van der Waals surface area contributed by atoms with Crippen LogP contribution in [0.25, 0.3) is 10.9 Å². The van der Waals surface area contributed by atoms with Crippen molar-refractivity contribution in [3.05, 3.63) is 30.0 Å². The zero-order valence-corrected chi connectivity index (χ0v) is 14.0. The Hall–Kier alpha value is -2.38. The van der Waals surface area contributed by atoms with Crippen LogP contribution in [0, 0.1) is 0 Å². The van der Waals surface area contributed by atoms with Gasteiger partial charge in [-0.25, -0.2) is 4.79 Å². The lowest BCUT2D eigenvalue weighted by Crippen LogP contribution is -2.47. The number of amides is 1. The van der Waals surface area contributed by atoms with Crippen LogP contribution in [0.4, 0.5) is 5.69 Å². The molecule has 7 heteroatoms. The fourth-order valence-corrected chi connectivity index (χ4v) is 3.05. The first kappa shape index (κ1) is 16.5. The van der Waals surface area contributed by atoms with Crippen LogP contribution in [-0.4, -0.2) is 71.1 Å². The molecule has 1 amide bonds. The number of hydrogen-bond acceptors (Lipinski definition) is 4. The predicted octanol–water partition coefficient (Wildman–Crippen LogP) is 1.06. The highest BCUT2D eigenvalue weighted by atomic mass is 16.4. The van der Waals surface area contributed by atoms with Gasteiger partial charge in [0.05, 0.1) is 12.1 Å². The molecule has 2 N–H and O–H groups in total. The summed E-state index contributed by atoms with van der Waals surface area (Å²) in [4.78, 5) is 27.9. The van der Waals surface area contributed by atoms with Crippen LogP contribution in [0.15, 0.2) is 24.4 Å². The summed E-state index contributed by atoms with van der Waals surface area (Å²) < 4.78 is 1.77. The number of nitrogens with zero attached hydrogens (tertiary/aromatic N) is 3. The molecule has 7 nitrogen and oxygen atoms in total. The number of aromatic carboxylic acids is 1. The van der Waals surface area contributed by atoms with Gasteiger partial charge in [-0.05, 0) is 25.2 Å². The van der Waals surface area contributed by atoms with Gasteiger partial charge in [0.2, 0.25) is 5.91 Å². The van der Waals surface area contributed by atoms with Crippen LogP contribution in [0.2, 0.25) is 0 Å². The molecule has 0 saturated carbocycles. The second kappa shape index (κ2) is 6.62. The number of carboxylic acids is 1. The molecule has 24 heavy (non-hydrogen) atoms. The maximum Gasteiger partial charge on any atom is 0.337 e. The Kier molecular flexibility index (Phi) is 4.55. The standard InChI is InChI=1S/C17H22N4O3/c1-19-5-7-21(8-6-19)11-16(22)18-12-3-4-15-13(9-12)14(17(23)24)10-20(15)2/h3-4,9-10H,5-8,11H2,1-2H3,(H,18,22)(H,23,24). The van der Waals surface area contributed by atoms with Crippen LogP contribution in [0.3, 0.4) is 0 Å². The number of carbonyl (C=O) groups is 2. The van der Waals surface area contributed by atoms with Crippen molar-refractivity contribution in [1.82, 2.24) is 14.4 Å². The molecule has 1 aliphatic rings. The number of nitrogens with one attached hydrogen (secondary N) is 1. The van der Waals surface area contributed by atoms with Crippen molar-refractivity contribution < 1.29 is 14.7 Å². The van der Waals surface area contributed by atoms with Crippen LogP contribution in [0.1, 0.15) is 10.4 Å². The SMILES string of the molecule is CN1CCN(CC(=O)Nc2ccc3c(c2)c(C(=O)O)cn3C)CC1. The molecular formula is C17H22N4O3. The number of rotatable bonds is 4. The van der Waals surface area contributed by atoms with Gasteiger partial charge < -0.3 is 19.9 Å². The molecule has 0 radical (unpaired) electrons. The summed E-state index contributed by atoms with van der Waals surface area (Å²) >= 11 is 0. The molecule has 2 heterocycles. The minimum absolute atomic E-state index is 0.0771. The third kappa shape index (κ3) is 3.42. The topological polar surface area (TPSA) is 77.8 Å². The van der Waals surface area contributed by atoms with E-state index in [0.29, 0.717) is 17.6 Å². The monoisotopic (exact) mass is 330 g/mol.